The van der Waals surface area contributed by atoms with Crippen molar-refractivity contribution in [1.82, 2.24) is 14.5 Å². The molecule has 49 heavy (non-hydrogen) atoms. The van der Waals surface area contributed by atoms with E-state index >= 15 is 0 Å². The number of aromatic nitrogens is 3. The van der Waals surface area contributed by atoms with Crippen molar-refractivity contribution in [1.29, 1.82) is 0 Å². The van der Waals surface area contributed by atoms with E-state index in [0.29, 0.717) is 5.95 Å². The van der Waals surface area contributed by atoms with Crippen molar-refractivity contribution in [2.75, 3.05) is 0 Å². The Labute approximate surface area is 282 Å². The second kappa shape index (κ2) is 9.96. The number of hydrogen-bond acceptors (Lipinski definition) is 2. The fraction of sp³-hybridized carbons (Fsp3) is 0. The summed E-state index contributed by atoms with van der Waals surface area (Å²) in [5.41, 5.74) is 12.6. The molecule has 8 aromatic carbocycles. The summed E-state index contributed by atoms with van der Waals surface area (Å²) in [4.78, 5) is 10.7. The summed E-state index contributed by atoms with van der Waals surface area (Å²) in [6.45, 7) is 0. The van der Waals surface area contributed by atoms with Gasteiger partial charge in [-0.25, -0.2) is 9.97 Å². The molecule has 0 aliphatic heterocycles. The van der Waals surface area contributed by atoms with Crippen LogP contribution >= 0.6 is 0 Å². The van der Waals surface area contributed by atoms with Crippen LogP contribution in [0.1, 0.15) is 0 Å². The monoisotopic (exact) mass is 621 g/mol. The van der Waals surface area contributed by atoms with Crippen LogP contribution < -0.4 is 0 Å². The van der Waals surface area contributed by atoms with Gasteiger partial charge in [0.2, 0.25) is 5.95 Å². The van der Waals surface area contributed by atoms with Gasteiger partial charge in [0.05, 0.1) is 22.2 Å². The molecule has 3 heteroatoms. The zero-order valence-electron chi connectivity index (χ0n) is 26.4. The predicted octanol–water partition coefficient (Wildman–Crippen LogP) is 12.0. The zero-order chi connectivity index (χ0) is 32.1. The maximum absolute atomic E-state index is 5.44. The smallest absolute Gasteiger partial charge is 0.235 e. The minimum Gasteiger partial charge on any atom is -0.278 e. The van der Waals surface area contributed by atoms with Crippen LogP contribution in [0.5, 0.6) is 0 Å². The van der Waals surface area contributed by atoms with Gasteiger partial charge < -0.3 is 0 Å². The van der Waals surface area contributed by atoms with E-state index in [4.69, 9.17) is 9.97 Å². The SMILES string of the molecule is c1ccc(-c2ccc(-c3nc(-n4c5ccc6ccccc6c5c5c6cccc7c6c(cc54)-c4ccccc4-7)nc4ccccc34)cc2)cc1. The fourth-order valence-corrected chi connectivity index (χ4v) is 8.19. The van der Waals surface area contributed by atoms with Crippen molar-refractivity contribution in [3.8, 4) is 50.6 Å². The number of rotatable bonds is 3. The average molecular weight is 622 g/mol. The van der Waals surface area contributed by atoms with Crippen molar-refractivity contribution in [2.45, 2.75) is 0 Å². The Morgan fingerprint density at radius 3 is 1.86 bits per heavy atom. The maximum atomic E-state index is 5.44. The lowest BCUT2D eigenvalue weighted by molar-refractivity contribution is 1.01. The molecular weight excluding hydrogens is 595 g/mol. The third kappa shape index (κ3) is 3.73. The van der Waals surface area contributed by atoms with Crippen molar-refractivity contribution >= 4 is 54.3 Å². The lowest BCUT2D eigenvalue weighted by atomic mass is 9.96. The topological polar surface area (TPSA) is 30.7 Å². The second-order valence-corrected chi connectivity index (χ2v) is 12.9. The van der Waals surface area contributed by atoms with Crippen LogP contribution in [0, 0.1) is 0 Å². The largest absolute Gasteiger partial charge is 0.278 e. The summed E-state index contributed by atoms with van der Waals surface area (Å²) in [6, 6.07) is 58.8. The summed E-state index contributed by atoms with van der Waals surface area (Å²) in [5, 5.41) is 8.55. The molecule has 2 heterocycles. The van der Waals surface area contributed by atoms with Crippen molar-refractivity contribution in [3.05, 3.63) is 164 Å². The average Bonchev–Trinajstić information content (AvgIpc) is 3.69. The second-order valence-electron chi connectivity index (χ2n) is 12.9. The van der Waals surface area contributed by atoms with Crippen LogP contribution in [-0.2, 0) is 0 Å². The minimum atomic E-state index is 0.671. The molecule has 226 valence electrons. The van der Waals surface area contributed by atoms with Gasteiger partial charge in [0.15, 0.2) is 0 Å². The Morgan fingerprint density at radius 2 is 1.00 bits per heavy atom. The van der Waals surface area contributed by atoms with Crippen LogP contribution in [0.15, 0.2) is 164 Å². The highest BCUT2D eigenvalue weighted by molar-refractivity contribution is 6.33. The lowest BCUT2D eigenvalue weighted by Crippen LogP contribution is -2.03. The minimum absolute atomic E-state index is 0.671. The molecular formula is C46H27N3. The molecule has 1 aliphatic carbocycles. The molecule has 0 saturated heterocycles. The highest BCUT2D eigenvalue weighted by Gasteiger charge is 2.27. The first kappa shape index (κ1) is 26.5. The number of hydrogen-bond donors (Lipinski definition) is 0. The molecule has 1 aliphatic rings. The Morgan fingerprint density at radius 1 is 0.367 bits per heavy atom. The Kier molecular flexibility index (Phi) is 5.38. The quantitative estimate of drug-likeness (QED) is 0.196. The lowest BCUT2D eigenvalue weighted by Gasteiger charge is -2.13. The molecule has 10 aromatic rings. The van der Waals surface area contributed by atoms with E-state index in [0.717, 1.165) is 33.2 Å². The Bertz CT molecular complexity index is 2970. The van der Waals surface area contributed by atoms with Crippen LogP contribution in [0.4, 0.5) is 0 Å². The summed E-state index contributed by atoms with van der Waals surface area (Å²) >= 11 is 0. The summed E-state index contributed by atoms with van der Waals surface area (Å²) < 4.78 is 2.30. The molecule has 0 radical (unpaired) electrons. The Hall–Kier alpha value is -6.58. The van der Waals surface area contributed by atoms with E-state index in [2.05, 4.69) is 168 Å². The molecule has 0 bridgehead atoms. The van der Waals surface area contributed by atoms with E-state index in [1.54, 1.807) is 0 Å². The molecule has 0 atom stereocenters. The van der Waals surface area contributed by atoms with Crippen LogP contribution in [0.25, 0.3) is 105 Å². The van der Waals surface area contributed by atoms with Crippen molar-refractivity contribution < 1.29 is 0 Å². The summed E-state index contributed by atoms with van der Waals surface area (Å²) in [6.07, 6.45) is 0. The van der Waals surface area contributed by atoms with Crippen LogP contribution in [-0.4, -0.2) is 14.5 Å². The standard InChI is InChI=1S/C46H27N3/c1-2-11-28(12-3-1)29-21-23-31(24-22-29)45-36-17-8-9-20-39(36)47-46(48-45)49-40-26-25-30-13-4-5-14-32(30)43(40)44-37-19-10-18-35-33-15-6-7-16-34(33)38(42(35)37)27-41(44)49/h1-27H. The van der Waals surface area contributed by atoms with E-state index < -0.39 is 0 Å². The van der Waals surface area contributed by atoms with Gasteiger partial charge in [-0.2, -0.15) is 0 Å². The van der Waals surface area contributed by atoms with Gasteiger partial charge in [-0.15, -0.1) is 0 Å². The molecule has 0 unspecified atom stereocenters. The first-order valence-corrected chi connectivity index (χ1v) is 16.8. The normalized spacial score (nSPS) is 12.1. The molecule has 0 fully saturated rings. The first-order valence-electron chi connectivity index (χ1n) is 16.8. The Balaban J connectivity index is 1.25. The third-order valence-electron chi connectivity index (χ3n) is 10.3. The number of fused-ring (bicyclic) bond motifs is 10. The third-order valence-corrected chi connectivity index (χ3v) is 10.3. The van der Waals surface area contributed by atoms with Gasteiger partial charge in [0, 0.05) is 21.7 Å². The first-order chi connectivity index (χ1) is 24.3. The fourth-order valence-electron chi connectivity index (χ4n) is 8.19. The molecule has 0 saturated carbocycles. The number of para-hydroxylation sites is 1. The van der Waals surface area contributed by atoms with E-state index in [9.17, 15) is 0 Å². The molecule has 0 spiro atoms. The highest BCUT2D eigenvalue weighted by atomic mass is 15.2. The molecule has 0 N–H and O–H groups in total. The number of nitrogens with zero attached hydrogens (tertiary/aromatic N) is 3. The summed E-state index contributed by atoms with van der Waals surface area (Å²) in [7, 11) is 0. The molecule has 0 amide bonds. The predicted molar refractivity (Wildman–Crippen MR) is 204 cm³/mol. The van der Waals surface area contributed by atoms with E-state index in [1.165, 1.54) is 65.7 Å². The van der Waals surface area contributed by atoms with Crippen LogP contribution in [0.2, 0.25) is 0 Å². The number of benzene rings is 8. The van der Waals surface area contributed by atoms with Gasteiger partial charge in [-0.1, -0.05) is 146 Å². The van der Waals surface area contributed by atoms with Gasteiger partial charge in [-0.3, -0.25) is 4.57 Å². The highest BCUT2D eigenvalue weighted by Crippen LogP contribution is 2.51. The molecule has 3 nitrogen and oxygen atoms in total. The van der Waals surface area contributed by atoms with Gasteiger partial charge in [-0.05, 0) is 73.1 Å². The van der Waals surface area contributed by atoms with Gasteiger partial charge >= 0.3 is 0 Å². The van der Waals surface area contributed by atoms with Crippen LogP contribution in [0.3, 0.4) is 0 Å². The zero-order valence-corrected chi connectivity index (χ0v) is 26.4. The molecule has 11 rings (SSSR count). The van der Waals surface area contributed by atoms with E-state index in [1.807, 2.05) is 0 Å². The van der Waals surface area contributed by atoms with Gasteiger partial charge in [0.25, 0.3) is 0 Å². The van der Waals surface area contributed by atoms with E-state index in [-0.39, 0.29) is 0 Å². The van der Waals surface area contributed by atoms with Crippen molar-refractivity contribution in [3.63, 3.8) is 0 Å². The maximum Gasteiger partial charge on any atom is 0.235 e. The molecule has 2 aromatic heterocycles. The summed E-state index contributed by atoms with van der Waals surface area (Å²) in [5.74, 6) is 0.671. The van der Waals surface area contributed by atoms with Gasteiger partial charge in [0.1, 0.15) is 0 Å². The van der Waals surface area contributed by atoms with Crippen molar-refractivity contribution in [2.24, 2.45) is 0 Å².